The molecule has 0 saturated heterocycles. The molecule has 1 aromatic rings. The molecular formula is C14H20BrN3. The van der Waals surface area contributed by atoms with E-state index in [0.29, 0.717) is 0 Å². The molecule has 0 bridgehead atoms. The molecule has 0 spiro atoms. The number of hydrogen-bond donors (Lipinski definition) is 2. The second kappa shape index (κ2) is 5.74. The van der Waals surface area contributed by atoms with Gasteiger partial charge in [0.2, 0.25) is 0 Å². The zero-order valence-electron chi connectivity index (χ0n) is 11.0. The van der Waals surface area contributed by atoms with Crippen LogP contribution in [-0.4, -0.2) is 25.6 Å². The molecule has 0 unspecified atom stereocenters. The lowest BCUT2D eigenvalue weighted by Gasteiger charge is -2.29. The van der Waals surface area contributed by atoms with Crippen LogP contribution in [0.1, 0.15) is 19.4 Å². The first kappa shape index (κ1) is 13.4. The Morgan fingerprint density at radius 1 is 1.33 bits per heavy atom. The van der Waals surface area contributed by atoms with Gasteiger partial charge in [-0.05, 0) is 24.1 Å². The number of guanidine groups is 1. The minimum Gasteiger partial charge on any atom is -0.356 e. The van der Waals surface area contributed by atoms with Crippen LogP contribution in [0.25, 0.3) is 0 Å². The van der Waals surface area contributed by atoms with Gasteiger partial charge in [-0.1, -0.05) is 41.9 Å². The Kier molecular flexibility index (Phi) is 4.27. The first-order chi connectivity index (χ1) is 8.55. The van der Waals surface area contributed by atoms with E-state index in [1.807, 2.05) is 0 Å². The van der Waals surface area contributed by atoms with Crippen molar-refractivity contribution < 1.29 is 0 Å². The molecule has 0 aliphatic carbocycles. The average molecular weight is 310 g/mol. The molecule has 2 rings (SSSR count). The van der Waals surface area contributed by atoms with Crippen molar-refractivity contribution >= 4 is 21.9 Å². The molecule has 0 fully saturated rings. The molecule has 4 heteroatoms. The van der Waals surface area contributed by atoms with Gasteiger partial charge < -0.3 is 10.6 Å². The number of aliphatic imine (C=N–C) groups is 1. The summed E-state index contributed by atoms with van der Waals surface area (Å²) in [6.45, 7) is 7.23. The largest absolute Gasteiger partial charge is 0.356 e. The second-order valence-electron chi connectivity index (χ2n) is 5.49. The zero-order valence-corrected chi connectivity index (χ0v) is 12.5. The van der Waals surface area contributed by atoms with Gasteiger partial charge in [0.25, 0.3) is 0 Å². The fourth-order valence-electron chi connectivity index (χ4n) is 1.82. The third-order valence-corrected chi connectivity index (χ3v) is 3.55. The van der Waals surface area contributed by atoms with Gasteiger partial charge in [0, 0.05) is 29.5 Å². The van der Waals surface area contributed by atoms with Gasteiger partial charge in [-0.25, -0.2) is 0 Å². The molecule has 0 aromatic heterocycles. The number of benzene rings is 1. The van der Waals surface area contributed by atoms with Gasteiger partial charge in [0.05, 0.1) is 0 Å². The maximum atomic E-state index is 4.51. The minimum atomic E-state index is 0.275. The fraction of sp³-hybridized carbons (Fsp3) is 0.500. The summed E-state index contributed by atoms with van der Waals surface area (Å²) in [7, 11) is 0. The van der Waals surface area contributed by atoms with Crippen molar-refractivity contribution in [2.24, 2.45) is 10.4 Å². The highest BCUT2D eigenvalue weighted by molar-refractivity contribution is 9.10. The van der Waals surface area contributed by atoms with E-state index in [1.54, 1.807) is 0 Å². The van der Waals surface area contributed by atoms with Gasteiger partial charge >= 0.3 is 0 Å². The summed E-state index contributed by atoms with van der Waals surface area (Å²) in [5, 5.41) is 6.69. The van der Waals surface area contributed by atoms with E-state index in [1.165, 1.54) is 5.56 Å². The van der Waals surface area contributed by atoms with Gasteiger partial charge in [0.1, 0.15) is 0 Å². The van der Waals surface area contributed by atoms with Crippen LogP contribution in [0.3, 0.4) is 0 Å². The smallest absolute Gasteiger partial charge is 0.191 e. The summed E-state index contributed by atoms with van der Waals surface area (Å²) >= 11 is 3.44. The third kappa shape index (κ3) is 4.02. The Morgan fingerprint density at radius 3 is 2.67 bits per heavy atom. The Balaban J connectivity index is 1.76. The van der Waals surface area contributed by atoms with E-state index in [-0.39, 0.29) is 5.41 Å². The van der Waals surface area contributed by atoms with Crippen LogP contribution in [0, 0.1) is 5.41 Å². The molecule has 0 atom stereocenters. The zero-order chi connectivity index (χ0) is 13.0. The molecule has 98 valence electrons. The Hall–Kier alpha value is -1.03. The molecular weight excluding hydrogens is 290 g/mol. The monoisotopic (exact) mass is 309 g/mol. The van der Waals surface area contributed by atoms with Crippen molar-refractivity contribution in [3.05, 3.63) is 34.3 Å². The average Bonchev–Trinajstić information content (AvgIpc) is 2.34. The van der Waals surface area contributed by atoms with Gasteiger partial charge in [-0.2, -0.15) is 0 Å². The summed E-state index contributed by atoms with van der Waals surface area (Å²) in [4.78, 5) is 4.51. The summed E-state index contributed by atoms with van der Waals surface area (Å²) in [6, 6.07) is 8.44. The van der Waals surface area contributed by atoms with Gasteiger partial charge in [0.15, 0.2) is 5.96 Å². The van der Waals surface area contributed by atoms with Crippen LogP contribution >= 0.6 is 15.9 Å². The number of nitrogens with one attached hydrogen (secondary N) is 2. The van der Waals surface area contributed by atoms with E-state index < -0.39 is 0 Å². The van der Waals surface area contributed by atoms with Crippen LogP contribution in [-0.2, 0) is 6.42 Å². The molecule has 18 heavy (non-hydrogen) atoms. The lowest BCUT2D eigenvalue weighted by Crippen LogP contribution is -2.47. The molecule has 0 amide bonds. The fourth-order valence-corrected chi connectivity index (χ4v) is 2.09. The first-order valence-electron chi connectivity index (χ1n) is 6.32. The molecule has 3 nitrogen and oxygen atoms in total. The molecule has 1 aromatic carbocycles. The standard InChI is InChI=1S/C14H20BrN3/c1-14(2)9-17-13(18-10-14)16-8-7-11-3-5-12(15)6-4-11/h3-6H,7-10H2,1-2H3,(H2,16,17,18). The molecule has 1 aliphatic rings. The maximum absolute atomic E-state index is 4.51. The number of rotatable bonds is 3. The van der Waals surface area contributed by atoms with Gasteiger partial charge in [-0.3, -0.25) is 4.99 Å². The first-order valence-corrected chi connectivity index (χ1v) is 7.11. The maximum Gasteiger partial charge on any atom is 0.191 e. The number of nitrogens with zero attached hydrogens (tertiary/aromatic N) is 1. The van der Waals surface area contributed by atoms with Crippen LogP contribution < -0.4 is 10.6 Å². The van der Waals surface area contributed by atoms with Crippen LogP contribution in [0.5, 0.6) is 0 Å². The topological polar surface area (TPSA) is 36.4 Å². The molecule has 0 radical (unpaired) electrons. The Labute approximate surface area is 117 Å². The van der Waals surface area contributed by atoms with Gasteiger partial charge in [-0.15, -0.1) is 0 Å². The van der Waals surface area contributed by atoms with Crippen molar-refractivity contribution in [3.63, 3.8) is 0 Å². The van der Waals surface area contributed by atoms with E-state index in [4.69, 9.17) is 0 Å². The highest BCUT2D eigenvalue weighted by Gasteiger charge is 2.21. The third-order valence-electron chi connectivity index (χ3n) is 3.02. The SMILES string of the molecule is CC1(C)CN=C(NCCc2ccc(Br)cc2)NC1. The van der Waals surface area contributed by atoms with Crippen LogP contribution in [0.15, 0.2) is 33.7 Å². The Morgan fingerprint density at radius 2 is 2.06 bits per heavy atom. The van der Waals surface area contributed by atoms with E-state index >= 15 is 0 Å². The normalized spacial score (nSPS) is 17.8. The second-order valence-corrected chi connectivity index (χ2v) is 6.40. The quantitative estimate of drug-likeness (QED) is 0.900. The van der Waals surface area contributed by atoms with Crippen molar-refractivity contribution in [2.45, 2.75) is 20.3 Å². The molecule has 1 heterocycles. The summed E-state index contributed by atoms with van der Waals surface area (Å²) in [6.07, 6.45) is 1.01. The summed E-state index contributed by atoms with van der Waals surface area (Å²) < 4.78 is 1.12. The number of hydrogen-bond acceptors (Lipinski definition) is 3. The van der Waals surface area contributed by atoms with E-state index in [9.17, 15) is 0 Å². The summed E-state index contributed by atoms with van der Waals surface area (Å²) in [5.74, 6) is 0.937. The van der Waals surface area contributed by atoms with Crippen molar-refractivity contribution in [1.29, 1.82) is 0 Å². The predicted molar refractivity (Wildman–Crippen MR) is 79.9 cm³/mol. The lowest BCUT2D eigenvalue weighted by atomic mass is 9.93. The minimum absolute atomic E-state index is 0.275. The molecule has 1 aliphatic heterocycles. The summed E-state index contributed by atoms with van der Waals surface area (Å²) in [5.41, 5.74) is 1.61. The Bertz CT molecular complexity index is 423. The number of halogens is 1. The highest BCUT2D eigenvalue weighted by atomic mass is 79.9. The van der Waals surface area contributed by atoms with Crippen molar-refractivity contribution in [1.82, 2.24) is 10.6 Å². The molecule has 2 N–H and O–H groups in total. The highest BCUT2D eigenvalue weighted by Crippen LogP contribution is 2.16. The van der Waals surface area contributed by atoms with E-state index in [2.05, 4.69) is 69.7 Å². The predicted octanol–water partition coefficient (Wildman–Crippen LogP) is 2.57. The van der Waals surface area contributed by atoms with Crippen LogP contribution in [0.2, 0.25) is 0 Å². The van der Waals surface area contributed by atoms with E-state index in [0.717, 1.165) is 36.5 Å². The van der Waals surface area contributed by atoms with Crippen molar-refractivity contribution in [3.8, 4) is 0 Å². The van der Waals surface area contributed by atoms with Crippen molar-refractivity contribution in [2.75, 3.05) is 19.6 Å². The molecule has 0 saturated carbocycles. The van der Waals surface area contributed by atoms with Crippen LogP contribution in [0.4, 0.5) is 0 Å². The lowest BCUT2D eigenvalue weighted by molar-refractivity contribution is 0.358.